The van der Waals surface area contributed by atoms with Crippen LogP contribution in [0.4, 0.5) is 0 Å². The van der Waals surface area contributed by atoms with Gasteiger partial charge in [0.25, 0.3) is 0 Å². The number of hydrogen-bond acceptors (Lipinski definition) is 8. The maximum absolute atomic E-state index is 9.80. The van der Waals surface area contributed by atoms with E-state index in [4.69, 9.17) is 16.6 Å². The predicted molar refractivity (Wildman–Crippen MR) is 80.9 cm³/mol. The zero-order valence-electron chi connectivity index (χ0n) is 10.2. The molecule has 0 rings (SSSR count). The second-order valence-corrected chi connectivity index (χ2v) is 4.31. The fourth-order valence-corrected chi connectivity index (χ4v) is 1.04. The molecule has 0 aliphatic carbocycles. The van der Waals surface area contributed by atoms with E-state index in [2.05, 4.69) is 45.5 Å². The van der Waals surface area contributed by atoms with Crippen LogP contribution in [0.1, 0.15) is 0 Å². The lowest BCUT2D eigenvalue weighted by Gasteiger charge is -2.21. The Kier molecular flexibility index (Phi) is 8.78. The van der Waals surface area contributed by atoms with E-state index in [1.165, 1.54) is 0 Å². The number of nitrogens with one attached hydrogen (secondary N) is 2. The van der Waals surface area contributed by atoms with Gasteiger partial charge in [-0.05, 0) is 24.4 Å². The van der Waals surface area contributed by atoms with Gasteiger partial charge in [-0.15, -0.1) is 0 Å². The largest absolute Gasteiger partial charge is 0.394 e. The van der Waals surface area contributed by atoms with Crippen LogP contribution in [0.25, 0.3) is 0 Å². The normalized spacial score (nSPS) is 16.5. The lowest BCUT2D eigenvalue weighted by atomic mass is 10.0. The van der Waals surface area contributed by atoms with Gasteiger partial charge in [0.1, 0.15) is 24.0 Å². The summed E-state index contributed by atoms with van der Waals surface area (Å²) >= 11 is 9.02. The van der Waals surface area contributed by atoms with Gasteiger partial charge >= 0.3 is 0 Å². The van der Waals surface area contributed by atoms with Crippen LogP contribution in [0.5, 0.6) is 0 Å². The molecule has 0 fully saturated rings. The summed E-state index contributed by atoms with van der Waals surface area (Å²) in [6.45, 7) is -0.753. The molecule has 0 heterocycles. The van der Waals surface area contributed by atoms with E-state index in [1.807, 2.05) is 0 Å². The summed E-state index contributed by atoms with van der Waals surface area (Å²) in [6.07, 6.45) is -3.97. The van der Waals surface area contributed by atoms with E-state index >= 15 is 0 Å². The highest BCUT2D eigenvalue weighted by atomic mass is 32.1. The van der Waals surface area contributed by atoms with Gasteiger partial charge in [0, 0.05) is 0 Å². The molecule has 12 heteroatoms. The van der Waals surface area contributed by atoms with E-state index < -0.39 is 24.9 Å². The summed E-state index contributed by atoms with van der Waals surface area (Å²) in [4.78, 5) is 0. The van der Waals surface area contributed by atoms with Crippen molar-refractivity contribution in [3.8, 4) is 0 Å². The first-order valence-electron chi connectivity index (χ1n) is 5.16. The molecule has 0 aromatic carbocycles. The topological polar surface area (TPSA) is 182 Å². The third kappa shape index (κ3) is 7.22. The quantitative estimate of drug-likeness (QED) is 0.131. The number of hydrazone groups is 2. The number of aliphatic hydroxyl groups excluding tert-OH is 4. The Hall–Kier alpha value is -1.44. The van der Waals surface area contributed by atoms with E-state index in [1.54, 1.807) is 0 Å². The summed E-state index contributed by atoms with van der Waals surface area (Å²) in [7, 11) is 0. The van der Waals surface area contributed by atoms with Crippen LogP contribution in [-0.4, -0.2) is 67.5 Å². The molecule has 0 aromatic rings. The molecule has 0 amide bonds. The molecule has 0 bridgehead atoms. The van der Waals surface area contributed by atoms with Gasteiger partial charge in [0.05, 0.1) is 12.8 Å². The fourth-order valence-electron chi connectivity index (χ4n) is 0.946. The van der Waals surface area contributed by atoms with Crippen molar-refractivity contribution in [3.63, 3.8) is 0 Å². The molecule has 3 atom stereocenters. The molecule has 0 unspecified atom stereocenters. The maximum atomic E-state index is 9.80. The first-order chi connectivity index (χ1) is 9.29. The Morgan fingerprint density at radius 2 is 1.70 bits per heavy atom. The fraction of sp³-hybridized carbons (Fsp3) is 0.500. The Morgan fingerprint density at radius 1 is 1.15 bits per heavy atom. The van der Waals surface area contributed by atoms with E-state index in [0.29, 0.717) is 0 Å². The monoisotopic (exact) mass is 324 g/mol. The molecule has 20 heavy (non-hydrogen) atoms. The van der Waals surface area contributed by atoms with Gasteiger partial charge < -0.3 is 31.9 Å². The number of hydrogen-bond donors (Lipinski definition) is 8. The van der Waals surface area contributed by atoms with Gasteiger partial charge in [-0.25, -0.2) is 0 Å². The molecule has 0 aliphatic heterocycles. The van der Waals surface area contributed by atoms with Crippen molar-refractivity contribution in [2.45, 2.75) is 18.3 Å². The molecule has 0 spiro atoms. The third-order valence-electron chi connectivity index (χ3n) is 1.87. The van der Waals surface area contributed by atoms with Crippen LogP contribution in [0, 0.1) is 0 Å². The van der Waals surface area contributed by atoms with Crippen molar-refractivity contribution in [3.05, 3.63) is 0 Å². The number of rotatable bonds is 7. The van der Waals surface area contributed by atoms with Crippen LogP contribution in [0.2, 0.25) is 0 Å². The van der Waals surface area contributed by atoms with Gasteiger partial charge in [-0.3, -0.25) is 10.9 Å². The Bertz CT molecular complexity index is 404. The van der Waals surface area contributed by atoms with Crippen molar-refractivity contribution in [1.29, 1.82) is 0 Å². The average Bonchev–Trinajstić information content (AvgIpc) is 2.39. The zero-order valence-corrected chi connectivity index (χ0v) is 11.8. The van der Waals surface area contributed by atoms with Crippen molar-refractivity contribution in [2.75, 3.05) is 6.61 Å². The highest BCUT2D eigenvalue weighted by Gasteiger charge is 2.27. The number of thiocarbonyl (C=S) groups is 2. The predicted octanol–water partition coefficient (Wildman–Crippen LogP) is -3.93. The summed E-state index contributed by atoms with van der Waals surface area (Å²) < 4.78 is 0. The highest BCUT2D eigenvalue weighted by Crippen LogP contribution is 2.01. The first-order valence-corrected chi connectivity index (χ1v) is 5.97. The van der Waals surface area contributed by atoms with Gasteiger partial charge in [-0.1, -0.05) is 0 Å². The summed E-state index contributed by atoms with van der Waals surface area (Å²) in [6, 6.07) is 0. The van der Waals surface area contributed by atoms with Crippen molar-refractivity contribution in [2.24, 2.45) is 21.7 Å². The molecular formula is C8H16N6O4S2. The minimum Gasteiger partial charge on any atom is -0.394 e. The average molecular weight is 324 g/mol. The number of nitrogens with two attached hydrogens (primary N) is 2. The SMILES string of the molecule is NC(=S)NN=CC(=NNC(N)=S)[C@@H](O)[C@H](O)[C@H](O)CO. The number of aliphatic hydroxyl groups is 4. The molecule has 0 saturated carbocycles. The molecule has 0 aliphatic rings. The van der Waals surface area contributed by atoms with Gasteiger partial charge in [0.15, 0.2) is 10.2 Å². The third-order valence-corrected chi connectivity index (χ3v) is 2.06. The molecule has 10 N–H and O–H groups in total. The van der Waals surface area contributed by atoms with E-state index in [9.17, 15) is 15.3 Å². The van der Waals surface area contributed by atoms with Crippen LogP contribution < -0.4 is 22.3 Å². The minimum absolute atomic E-state index is 0.131. The van der Waals surface area contributed by atoms with E-state index in [0.717, 1.165) is 6.21 Å². The number of nitrogens with zero attached hydrogens (tertiary/aromatic N) is 2. The second kappa shape index (κ2) is 9.46. The highest BCUT2D eigenvalue weighted by molar-refractivity contribution is 7.80. The molecular weight excluding hydrogens is 308 g/mol. The van der Waals surface area contributed by atoms with Crippen LogP contribution in [-0.2, 0) is 0 Å². The summed E-state index contributed by atoms with van der Waals surface area (Å²) in [5.41, 5.74) is 14.4. The van der Waals surface area contributed by atoms with Crippen LogP contribution in [0.3, 0.4) is 0 Å². The Balaban J connectivity index is 5.00. The van der Waals surface area contributed by atoms with Crippen molar-refractivity contribution < 1.29 is 20.4 Å². The first kappa shape index (κ1) is 18.6. The molecule has 0 saturated heterocycles. The maximum Gasteiger partial charge on any atom is 0.184 e. The lowest BCUT2D eigenvalue weighted by molar-refractivity contribution is -0.0549. The van der Waals surface area contributed by atoms with E-state index in [-0.39, 0.29) is 15.9 Å². The smallest absolute Gasteiger partial charge is 0.184 e. The van der Waals surface area contributed by atoms with Crippen molar-refractivity contribution in [1.82, 2.24) is 10.9 Å². The molecule has 10 nitrogen and oxygen atoms in total. The van der Waals surface area contributed by atoms with Gasteiger partial charge in [0.2, 0.25) is 0 Å². The standard InChI is InChI=1S/C8H16N6O4S2/c9-7(19)13-11-1-3(12-14-8(10)20)5(17)6(18)4(16)2-15/h1,4-6,15-18H,2H2,(H3,9,13,19)(H3,10,14,20)/t4-,5-,6-/m1/s1. The Morgan fingerprint density at radius 3 is 2.15 bits per heavy atom. The Labute approximate surface area is 125 Å². The molecule has 0 aromatic heterocycles. The lowest BCUT2D eigenvalue weighted by Crippen LogP contribution is -2.45. The molecule has 114 valence electrons. The van der Waals surface area contributed by atoms with Crippen molar-refractivity contribution >= 4 is 46.6 Å². The summed E-state index contributed by atoms with van der Waals surface area (Å²) in [5.74, 6) is 0. The minimum atomic E-state index is -1.71. The molecule has 0 radical (unpaired) electrons. The van der Waals surface area contributed by atoms with Crippen LogP contribution in [0.15, 0.2) is 10.2 Å². The van der Waals surface area contributed by atoms with Crippen LogP contribution >= 0.6 is 24.4 Å². The van der Waals surface area contributed by atoms with Gasteiger partial charge in [-0.2, -0.15) is 10.2 Å². The second-order valence-electron chi connectivity index (χ2n) is 3.43. The summed E-state index contributed by atoms with van der Waals surface area (Å²) in [5, 5.41) is 44.1. The zero-order chi connectivity index (χ0) is 15.7.